The summed E-state index contributed by atoms with van der Waals surface area (Å²) in [5, 5.41) is 33.7. The third-order valence-corrected chi connectivity index (χ3v) is 12.5. The van der Waals surface area contributed by atoms with E-state index in [1.807, 2.05) is 0 Å². The first-order valence-electron chi connectivity index (χ1n) is 16.4. The van der Waals surface area contributed by atoms with E-state index in [-0.39, 0.29) is 23.3 Å². The lowest BCUT2D eigenvalue weighted by Crippen LogP contribution is -2.54. The average molecular weight is 591 g/mol. The fourth-order valence-corrected chi connectivity index (χ4v) is 10.2. The zero-order valence-electron chi connectivity index (χ0n) is 26.2. The first-order chi connectivity index (χ1) is 19.7. The minimum absolute atomic E-state index is 0.119. The van der Waals surface area contributed by atoms with E-state index >= 15 is 0 Å². The summed E-state index contributed by atoms with van der Waals surface area (Å²) in [7, 11) is 0. The lowest BCUT2D eigenvalue weighted by atomic mass is 9.44. The van der Waals surface area contributed by atoms with Gasteiger partial charge in [-0.2, -0.15) is 0 Å². The van der Waals surface area contributed by atoms with E-state index in [1.165, 1.54) is 38.5 Å². The Bertz CT molecular complexity index is 1030. The Morgan fingerprint density at radius 2 is 1.52 bits per heavy atom. The molecule has 4 aliphatic rings. The minimum Gasteiger partial charge on any atom is -0.481 e. The van der Waals surface area contributed by atoms with Gasteiger partial charge in [-0.3, -0.25) is 14.4 Å². The summed E-state index contributed by atoms with van der Waals surface area (Å²) in [5.41, 5.74) is 0.646. The highest BCUT2D eigenvalue weighted by molar-refractivity contribution is 5.91. The van der Waals surface area contributed by atoms with Gasteiger partial charge in [0.2, 0.25) is 11.8 Å². The van der Waals surface area contributed by atoms with Crippen molar-refractivity contribution in [3.8, 4) is 0 Å². The lowest BCUT2D eigenvalue weighted by Gasteiger charge is -2.61. The summed E-state index contributed by atoms with van der Waals surface area (Å²) in [6.07, 6.45) is 10.8. The van der Waals surface area contributed by atoms with Gasteiger partial charge in [0.25, 0.3) is 0 Å². The van der Waals surface area contributed by atoms with Crippen molar-refractivity contribution in [2.75, 3.05) is 0 Å². The van der Waals surface area contributed by atoms with Crippen LogP contribution < -0.4 is 10.6 Å². The molecule has 0 bridgehead atoms. The molecule has 9 heteroatoms. The summed E-state index contributed by atoms with van der Waals surface area (Å²) in [6, 6.07) is -2.49. The number of aliphatic hydroxyl groups is 1. The number of nitrogens with one attached hydrogen (secondary N) is 2. The molecule has 0 aliphatic heterocycles. The number of hydrogen-bond donors (Lipinski definition) is 5. The monoisotopic (exact) mass is 590 g/mol. The molecule has 11 atom stereocenters. The van der Waals surface area contributed by atoms with Crippen LogP contribution in [-0.2, 0) is 19.2 Å². The van der Waals surface area contributed by atoms with Crippen LogP contribution in [0.1, 0.15) is 112 Å². The highest BCUT2D eigenvalue weighted by atomic mass is 16.4. The Morgan fingerprint density at radius 1 is 0.857 bits per heavy atom. The highest BCUT2D eigenvalue weighted by Crippen LogP contribution is 2.68. The van der Waals surface area contributed by atoms with E-state index in [0.29, 0.717) is 29.6 Å². The molecule has 4 saturated carbocycles. The molecule has 42 heavy (non-hydrogen) atoms. The zero-order chi connectivity index (χ0) is 31.0. The summed E-state index contributed by atoms with van der Waals surface area (Å²) in [4.78, 5) is 48.2. The van der Waals surface area contributed by atoms with Crippen molar-refractivity contribution in [1.82, 2.24) is 10.6 Å². The fourth-order valence-electron chi connectivity index (χ4n) is 10.2. The van der Waals surface area contributed by atoms with Crippen LogP contribution >= 0.6 is 0 Å². The molecule has 2 amide bonds. The van der Waals surface area contributed by atoms with Crippen LogP contribution in [0.15, 0.2) is 0 Å². The number of rotatable bonds is 11. The second-order valence-electron chi connectivity index (χ2n) is 15.1. The standard InChI is InChI=1S/C33H54N2O7/c1-18(2)29(30(40)34-26(31(41)42)17-28(38)39)35-27(37)11-6-19(3)23-9-10-24-22-8-7-20-16-21(36)12-14-32(20,4)25(22)13-15-33(23,24)5/h18-26,29,36H,6-17H2,1-5H3,(H,34,40)(H,35,37)(H,38,39)(H,41,42)/t19-,20-,21-,22+,23-,24+,25+,26+,29+,32+,33-/m1/s1. The molecule has 0 saturated heterocycles. The van der Waals surface area contributed by atoms with Crippen molar-refractivity contribution in [2.24, 2.45) is 52.3 Å². The third-order valence-electron chi connectivity index (χ3n) is 12.5. The predicted octanol–water partition coefficient (Wildman–Crippen LogP) is 4.61. The maximum Gasteiger partial charge on any atom is 0.326 e. The molecule has 0 aromatic carbocycles. The number of fused-ring (bicyclic) bond motifs is 5. The van der Waals surface area contributed by atoms with Gasteiger partial charge < -0.3 is 26.0 Å². The molecule has 5 N–H and O–H groups in total. The van der Waals surface area contributed by atoms with Crippen LogP contribution in [0.4, 0.5) is 0 Å². The highest BCUT2D eigenvalue weighted by Gasteiger charge is 2.60. The second-order valence-corrected chi connectivity index (χ2v) is 15.1. The molecule has 0 radical (unpaired) electrons. The maximum atomic E-state index is 13.0. The van der Waals surface area contributed by atoms with Crippen LogP contribution in [0, 0.1) is 52.3 Å². The molecule has 4 rings (SSSR count). The first kappa shape index (κ1) is 32.7. The minimum atomic E-state index is -1.55. The Balaban J connectivity index is 1.33. The topological polar surface area (TPSA) is 153 Å². The van der Waals surface area contributed by atoms with Crippen molar-refractivity contribution >= 4 is 23.8 Å². The smallest absolute Gasteiger partial charge is 0.326 e. The van der Waals surface area contributed by atoms with E-state index in [0.717, 1.165) is 43.4 Å². The molecule has 0 aromatic rings. The van der Waals surface area contributed by atoms with Gasteiger partial charge >= 0.3 is 11.9 Å². The number of amides is 2. The molecule has 9 nitrogen and oxygen atoms in total. The van der Waals surface area contributed by atoms with Crippen molar-refractivity contribution in [3.05, 3.63) is 0 Å². The lowest BCUT2D eigenvalue weighted by molar-refractivity contribution is -0.147. The van der Waals surface area contributed by atoms with Gasteiger partial charge in [0, 0.05) is 6.42 Å². The Hall–Kier alpha value is -2.16. The Labute approximate surface area is 251 Å². The van der Waals surface area contributed by atoms with Crippen LogP contribution in [0.5, 0.6) is 0 Å². The van der Waals surface area contributed by atoms with Crippen LogP contribution in [0.2, 0.25) is 0 Å². The number of carbonyl (C=O) groups is 4. The molecule has 0 aromatic heterocycles. The molecule has 238 valence electrons. The third kappa shape index (κ3) is 6.51. The largest absolute Gasteiger partial charge is 0.481 e. The number of carboxylic acids is 2. The number of hydrogen-bond acceptors (Lipinski definition) is 5. The van der Waals surface area contributed by atoms with Crippen molar-refractivity contribution < 1.29 is 34.5 Å². The summed E-state index contributed by atoms with van der Waals surface area (Å²) < 4.78 is 0. The summed E-state index contributed by atoms with van der Waals surface area (Å²) in [5.74, 6) is -0.120. The van der Waals surface area contributed by atoms with Crippen LogP contribution in [0.3, 0.4) is 0 Å². The van der Waals surface area contributed by atoms with Gasteiger partial charge in [0.05, 0.1) is 12.5 Å². The van der Waals surface area contributed by atoms with Crippen LogP contribution in [0.25, 0.3) is 0 Å². The molecule has 0 heterocycles. The molecule has 4 fully saturated rings. The summed E-state index contributed by atoms with van der Waals surface area (Å²) >= 11 is 0. The normalized spacial score (nSPS) is 37.9. The Kier molecular flexibility index (Phi) is 10.0. The molecule has 0 spiro atoms. The SMILES string of the molecule is CC(C)[C@H](NC(=O)CC[C@@H](C)[C@H]1CC[C@H]2[C@@H]3CC[C@@H]4C[C@H](O)CC[C@]4(C)[C@H]3CC[C@]12C)C(=O)N[C@@H](CC(=O)O)C(=O)O. The fraction of sp³-hybridized carbons (Fsp3) is 0.879. The van der Waals surface area contributed by atoms with E-state index in [1.54, 1.807) is 13.8 Å². The molecule has 0 unspecified atom stereocenters. The van der Waals surface area contributed by atoms with Crippen molar-refractivity contribution in [3.63, 3.8) is 0 Å². The first-order valence-corrected chi connectivity index (χ1v) is 16.4. The zero-order valence-corrected chi connectivity index (χ0v) is 26.2. The van der Waals surface area contributed by atoms with E-state index in [9.17, 15) is 29.4 Å². The van der Waals surface area contributed by atoms with Crippen LogP contribution in [-0.4, -0.2) is 57.3 Å². The quantitative estimate of drug-likeness (QED) is 0.236. The molecule has 4 aliphatic carbocycles. The van der Waals surface area contributed by atoms with E-state index < -0.39 is 36.4 Å². The maximum absolute atomic E-state index is 13.0. The second kappa shape index (κ2) is 12.8. The van der Waals surface area contributed by atoms with E-state index in [2.05, 4.69) is 31.4 Å². The average Bonchev–Trinajstić information content (AvgIpc) is 3.27. The van der Waals surface area contributed by atoms with Crippen molar-refractivity contribution in [1.29, 1.82) is 0 Å². The number of aliphatic carboxylic acids is 2. The number of aliphatic hydroxyl groups excluding tert-OH is 1. The molecular formula is C33H54N2O7. The molecular weight excluding hydrogens is 536 g/mol. The van der Waals surface area contributed by atoms with Gasteiger partial charge in [-0.05, 0) is 116 Å². The van der Waals surface area contributed by atoms with Gasteiger partial charge in [0.1, 0.15) is 12.1 Å². The van der Waals surface area contributed by atoms with Gasteiger partial charge in [0.15, 0.2) is 0 Å². The number of carboxylic acid groups (broad SMARTS) is 2. The van der Waals surface area contributed by atoms with Crippen molar-refractivity contribution in [2.45, 2.75) is 130 Å². The van der Waals surface area contributed by atoms with Gasteiger partial charge in [-0.1, -0.05) is 34.6 Å². The predicted molar refractivity (Wildman–Crippen MR) is 158 cm³/mol. The Morgan fingerprint density at radius 3 is 2.17 bits per heavy atom. The van der Waals surface area contributed by atoms with E-state index in [4.69, 9.17) is 5.11 Å². The number of carbonyl (C=O) groups excluding carboxylic acids is 2. The van der Waals surface area contributed by atoms with Gasteiger partial charge in [-0.15, -0.1) is 0 Å². The summed E-state index contributed by atoms with van der Waals surface area (Å²) in [6.45, 7) is 10.8. The van der Waals surface area contributed by atoms with Gasteiger partial charge in [-0.25, -0.2) is 4.79 Å².